The van der Waals surface area contributed by atoms with Crippen LogP contribution in [-0.2, 0) is 16.1 Å². The van der Waals surface area contributed by atoms with Crippen LogP contribution < -0.4 is 10.6 Å². The maximum absolute atomic E-state index is 11.3. The van der Waals surface area contributed by atoms with Crippen LogP contribution in [0.15, 0.2) is 12.4 Å². The number of halogens is 1. The van der Waals surface area contributed by atoms with Crippen LogP contribution in [0.2, 0.25) is 0 Å². The van der Waals surface area contributed by atoms with Gasteiger partial charge in [0.2, 0.25) is 11.8 Å². The van der Waals surface area contributed by atoms with Crippen molar-refractivity contribution in [2.75, 3.05) is 12.4 Å². The number of hydrogen-bond donors (Lipinski definition) is 2. The van der Waals surface area contributed by atoms with E-state index in [1.54, 1.807) is 20.2 Å². The molecule has 1 rings (SSSR count). The predicted molar refractivity (Wildman–Crippen MR) is 63.3 cm³/mol. The van der Waals surface area contributed by atoms with E-state index in [0.717, 1.165) is 0 Å². The summed E-state index contributed by atoms with van der Waals surface area (Å²) in [4.78, 5) is 22.1. The highest BCUT2D eigenvalue weighted by Crippen LogP contribution is 2.07. The molecule has 0 aromatic carbocycles. The molecule has 0 aliphatic rings. The Balaban J connectivity index is 2.58. The first kappa shape index (κ1) is 12.7. The lowest BCUT2D eigenvalue weighted by molar-refractivity contribution is -0.121. The second-order valence-electron chi connectivity index (χ2n) is 3.21. The highest BCUT2D eigenvalue weighted by Gasteiger charge is 2.10. The van der Waals surface area contributed by atoms with Gasteiger partial charge in [-0.05, 0) is 6.92 Å². The Morgan fingerprint density at radius 2 is 2.31 bits per heavy atom. The zero-order chi connectivity index (χ0) is 12.1. The first-order valence-corrected chi connectivity index (χ1v) is 5.62. The third-order valence-corrected chi connectivity index (χ3v) is 2.26. The molecule has 1 unspecified atom stereocenters. The van der Waals surface area contributed by atoms with E-state index in [2.05, 4.69) is 31.7 Å². The Kier molecular flexibility index (Phi) is 4.48. The maximum atomic E-state index is 11.3. The van der Waals surface area contributed by atoms with Crippen LogP contribution in [-0.4, -0.2) is 33.5 Å². The number of likely N-dealkylation sites (N-methyl/N-ethyl adjacent to an activating group) is 1. The molecule has 0 aliphatic heterocycles. The molecule has 2 amide bonds. The lowest BCUT2D eigenvalue weighted by atomic mass is 10.4. The molecule has 1 atom stereocenters. The third kappa shape index (κ3) is 3.65. The van der Waals surface area contributed by atoms with Crippen molar-refractivity contribution in [2.45, 2.75) is 18.3 Å². The van der Waals surface area contributed by atoms with E-state index in [1.807, 2.05) is 0 Å². The number of rotatable bonds is 4. The number of aromatic nitrogens is 2. The van der Waals surface area contributed by atoms with Crippen LogP contribution in [0.5, 0.6) is 0 Å². The largest absolute Gasteiger partial charge is 0.358 e. The molecule has 6 nitrogen and oxygen atoms in total. The minimum Gasteiger partial charge on any atom is -0.358 e. The van der Waals surface area contributed by atoms with Crippen LogP contribution in [0.4, 0.5) is 5.69 Å². The first-order valence-electron chi connectivity index (χ1n) is 4.71. The lowest BCUT2D eigenvalue weighted by Crippen LogP contribution is -2.23. The number of hydrogen-bond acceptors (Lipinski definition) is 3. The highest BCUT2D eigenvalue weighted by atomic mass is 79.9. The molecule has 1 aromatic heterocycles. The smallest absolute Gasteiger partial charge is 0.241 e. The zero-order valence-corrected chi connectivity index (χ0v) is 10.6. The van der Waals surface area contributed by atoms with E-state index < -0.39 is 0 Å². The lowest BCUT2D eigenvalue weighted by Gasteiger charge is -2.03. The summed E-state index contributed by atoms with van der Waals surface area (Å²) in [7, 11) is 1.56. The molecule has 16 heavy (non-hydrogen) atoms. The van der Waals surface area contributed by atoms with Crippen molar-refractivity contribution in [3.05, 3.63) is 12.4 Å². The van der Waals surface area contributed by atoms with Gasteiger partial charge >= 0.3 is 0 Å². The number of carbonyl (C=O) groups is 2. The van der Waals surface area contributed by atoms with Crippen molar-refractivity contribution in [1.82, 2.24) is 15.1 Å². The number of alkyl halides is 1. The Morgan fingerprint density at radius 1 is 1.62 bits per heavy atom. The highest BCUT2D eigenvalue weighted by molar-refractivity contribution is 9.10. The monoisotopic (exact) mass is 288 g/mol. The van der Waals surface area contributed by atoms with Gasteiger partial charge in [0.05, 0.1) is 16.7 Å². The third-order valence-electron chi connectivity index (χ3n) is 1.85. The molecule has 1 aromatic rings. The van der Waals surface area contributed by atoms with Gasteiger partial charge in [0.1, 0.15) is 6.54 Å². The van der Waals surface area contributed by atoms with Crippen LogP contribution >= 0.6 is 15.9 Å². The molecule has 0 saturated heterocycles. The van der Waals surface area contributed by atoms with Gasteiger partial charge in [-0.1, -0.05) is 15.9 Å². The average molecular weight is 289 g/mol. The van der Waals surface area contributed by atoms with Crippen molar-refractivity contribution < 1.29 is 9.59 Å². The molecule has 0 bridgehead atoms. The molecule has 88 valence electrons. The zero-order valence-electron chi connectivity index (χ0n) is 9.03. The topological polar surface area (TPSA) is 76.0 Å². The Morgan fingerprint density at radius 3 is 2.88 bits per heavy atom. The van der Waals surface area contributed by atoms with E-state index in [1.165, 1.54) is 10.9 Å². The Bertz CT molecular complexity index is 389. The summed E-state index contributed by atoms with van der Waals surface area (Å²) >= 11 is 3.15. The predicted octanol–water partition coefficient (Wildman–Crippen LogP) is 0.351. The number of carbonyl (C=O) groups excluding carboxylic acids is 2. The van der Waals surface area contributed by atoms with Crippen LogP contribution in [0, 0.1) is 0 Å². The summed E-state index contributed by atoms with van der Waals surface area (Å²) in [5, 5.41) is 9.08. The van der Waals surface area contributed by atoms with Gasteiger partial charge in [0, 0.05) is 13.2 Å². The Hall–Kier alpha value is -1.37. The molecule has 0 aliphatic carbocycles. The van der Waals surface area contributed by atoms with E-state index >= 15 is 0 Å². The molecule has 2 N–H and O–H groups in total. The van der Waals surface area contributed by atoms with Crippen LogP contribution in [0.3, 0.4) is 0 Å². The molecule has 1 heterocycles. The van der Waals surface area contributed by atoms with E-state index in [4.69, 9.17) is 0 Å². The fourth-order valence-electron chi connectivity index (χ4n) is 0.982. The number of anilines is 1. The second kappa shape index (κ2) is 5.64. The molecule has 7 heteroatoms. The average Bonchev–Trinajstić information content (AvgIpc) is 2.65. The Labute approximate surface area is 102 Å². The van der Waals surface area contributed by atoms with Crippen LogP contribution in [0.1, 0.15) is 6.92 Å². The summed E-state index contributed by atoms with van der Waals surface area (Å²) in [6.45, 7) is 1.86. The first-order chi connectivity index (χ1) is 7.52. The van der Waals surface area contributed by atoms with Gasteiger partial charge in [-0.2, -0.15) is 5.10 Å². The van der Waals surface area contributed by atoms with E-state index in [0.29, 0.717) is 5.69 Å². The molecule has 0 fully saturated rings. The van der Waals surface area contributed by atoms with Crippen molar-refractivity contribution in [3.8, 4) is 0 Å². The maximum Gasteiger partial charge on any atom is 0.241 e. The summed E-state index contributed by atoms with van der Waals surface area (Å²) in [6.07, 6.45) is 3.10. The van der Waals surface area contributed by atoms with Gasteiger partial charge in [0.25, 0.3) is 0 Å². The summed E-state index contributed by atoms with van der Waals surface area (Å²) in [5.41, 5.74) is 0.570. The van der Waals surface area contributed by atoms with Gasteiger partial charge in [-0.25, -0.2) is 0 Å². The number of amides is 2. The normalized spacial score (nSPS) is 11.9. The minimum absolute atomic E-state index is 0.135. The van der Waals surface area contributed by atoms with Crippen molar-refractivity contribution in [2.24, 2.45) is 0 Å². The van der Waals surface area contributed by atoms with Gasteiger partial charge < -0.3 is 10.6 Å². The summed E-state index contributed by atoms with van der Waals surface area (Å²) in [5.74, 6) is -0.297. The van der Waals surface area contributed by atoms with Gasteiger partial charge in [0.15, 0.2) is 0 Å². The second-order valence-corrected chi connectivity index (χ2v) is 4.58. The molecular weight excluding hydrogens is 276 g/mol. The number of nitrogens with zero attached hydrogens (tertiary/aromatic N) is 2. The minimum atomic E-state index is -0.269. The van der Waals surface area contributed by atoms with Crippen molar-refractivity contribution in [1.29, 1.82) is 0 Å². The van der Waals surface area contributed by atoms with Crippen molar-refractivity contribution >= 4 is 33.4 Å². The van der Waals surface area contributed by atoms with E-state index in [-0.39, 0.29) is 23.2 Å². The van der Waals surface area contributed by atoms with Gasteiger partial charge in [-0.3, -0.25) is 14.3 Å². The fourth-order valence-corrected chi connectivity index (χ4v) is 1.10. The summed E-state index contributed by atoms with van der Waals surface area (Å²) in [6, 6.07) is 0. The van der Waals surface area contributed by atoms with Crippen LogP contribution in [0.25, 0.3) is 0 Å². The quantitative estimate of drug-likeness (QED) is 0.785. The fraction of sp³-hybridized carbons (Fsp3) is 0.444. The summed E-state index contributed by atoms with van der Waals surface area (Å²) < 4.78 is 1.45. The van der Waals surface area contributed by atoms with Crippen molar-refractivity contribution in [3.63, 3.8) is 0 Å². The number of nitrogens with one attached hydrogen (secondary N) is 2. The molecule has 0 radical (unpaired) electrons. The molecular formula is C9H13BrN4O2. The van der Waals surface area contributed by atoms with Gasteiger partial charge in [-0.15, -0.1) is 0 Å². The van der Waals surface area contributed by atoms with E-state index in [9.17, 15) is 9.59 Å². The standard InChI is InChI=1S/C9H13BrN4O2/c1-6(10)9(16)13-7-3-12-14(4-7)5-8(15)11-2/h3-4,6H,5H2,1-2H3,(H,11,15)(H,13,16). The molecule has 0 saturated carbocycles. The molecule has 0 spiro atoms. The SMILES string of the molecule is CNC(=O)Cn1cc(NC(=O)C(C)Br)cn1.